The van der Waals surface area contributed by atoms with Crippen molar-refractivity contribution in [2.24, 2.45) is 0 Å². The molecule has 0 bridgehead atoms. The van der Waals surface area contributed by atoms with Gasteiger partial charge in [0.25, 0.3) is 5.91 Å². The monoisotopic (exact) mass is 326 g/mol. The number of carboxylic acid groups (broad SMARTS) is 1. The van der Waals surface area contributed by atoms with Gasteiger partial charge >= 0.3 is 5.97 Å². The van der Waals surface area contributed by atoms with Crippen LogP contribution >= 0.6 is 0 Å². The number of hydrogen-bond donors (Lipinski definition) is 2. The van der Waals surface area contributed by atoms with E-state index in [9.17, 15) is 14.7 Å². The van der Waals surface area contributed by atoms with Crippen molar-refractivity contribution in [2.75, 3.05) is 18.0 Å². The van der Waals surface area contributed by atoms with Gasteiger partial charge in [-0.25, -0.2) is 14.8 Å². The molecule has 2 heterocycles. The number of aliphatic carboxylic acids is 1. The molecule has 1 saturated heterocycles. The van der Waals surface area contributed by atoms with E-state index in [0.29, 0.717) is 11.5 Å². The number of carboxylic acids is 1. The van der Waals surface area contributed by atoms with E-state index in [1.165, 1.54) is 12.3 Å². The number of amides is 1. The van der Waals surface area contributed by atoms with Crippen molar-refractivity contribution in [3.05, 3.63) is 53.9 Å². The van der Waals surface area contributed by atoms with E-state index in [1.807, 2.05) is 4.90 Å². The molecule has 1 atom stereocenters. The first-order valence-corrected chi connectivity index (χ1v) is 7.82. The smallest absolute Gasteiger partial charge is 0.330 e. The lowest BCUT2D eigenvalue weighted by atomic mass is 10.1. The first-order valence-electron chi connectivity index (χ1n) is 7.82. The maximum absolute atomic E-state index is 12.4. The molecule has 7 nitrogen and oxygen atoms in total. The lowest BCUT2D eigenvalue weighted by molar-refractivity contribution is -0.139. The van der Waals surface area contributed by atoms with Crippen LogP contribution in [0, 0.1) is 0 Å². The first kappa shape index (κ1) is 15.9. The fraction of sp³-hybridized carbons (Fsp3) is 0.294. The van der Waals surface area contributed by atoms with Crippen LogP contribution in [0.4, 0.5) is 5.95 Å². The number of benzene rings is 1. The van der Waals surface area contributed by atoms with Crippen molar-refractivity contribution < 1.29 is 14.7 Å². The molecule has 3 rings (SSSR count). The molecular formula is C17H18N4O3. The standard InChI is InChI=1S/C17H18N4O3/c22-15(20-14(16(23)24)12-6-2-1-3-7-12)13-8-9-18-17(19-13)21-10-4-5-11-21/h1-3,6-9,14H,4-5,10-11H2,(H,20,22)(H,23,24)/t14-/m0/s1. The highest BCUT2D eigenvalue weighted by Crippen LogP contribution is 2.16. The SMILES string of the molecule is O=C(N[C@H](C(=O)O)c1ccccc1)c1ccnc(N2CCCC2)n1. The van der Waals surface area contributed by atoms with Crippen LogP contribution in [0.2, 0.25) is 0 Å². The van der Waals surface area contributed by atoms with E-state index < -0.39 is 17.9 Å². The minimum atomic E-state index is -1.12. The number of anilines is 1. The molecule has 0 radical (unpaired) electrons. The van der Waals surface area contributed by atoms with Gasteiger partial charge in [0, 0.05) is 19.3 Å². The van der Waals surface area contributed by atoms with Gasteiger partial charge in [0.2, 0.25) is 5.95 Å². The van der Waals surface area contributed by atoms with Crippen molar-refractivity contribution >= 4 is 17.8 Å². The molecule has 24 heavy (non-hydrogen) atoms. The van der Waals surface area contributed by atoms with Crippen LogP contribution in [-0.4, -0.2) is 40.0 Å². The Kier molecular flexibility index (Phi) is 4.69. The van der Waals surface area contributed by atoms with Crippen molar-refractivity contribution in [3.63, 3.8) is 0 Å². The number of carbonyl (C=O) groups is 2. The fourth-order valence-electron chi connectivity index (χ4n) is 2.68. The Balaban J connectivity index is 1.78. The summed E-state index contributed by atoms with van der Waals surface area (Å²) in [6.07, 6.45) is 3.68. The highest BCUT2D eigenvalue weighted by Gasteiger charge is 2.24. The summed E-state index contributed by atoms with van der Waals surface area (Å²) in [5, 5.41) is 11.9. The van der Waals surface area contributed by atoms with Gasteiger partial charge in [-0.15, -0.1) is 0 Å². The summed E-state index contributed by atoms with van der Waals surface area (Å²) in [5.74, 6) is -1.15. The third-order valence-electron chi connectivity index (χ3n) is 3.92. The Bertz CT molecular complexity index is 730. The highest BCUT2D eigenvalue weighted by atomic mass is 16.4. The van der Waals surface area contributed by atoms with E-state index in [4.69, 9.17) is 0 Å². The van der Waals surface area contributed by atoms with Crippen LogP contribution in [0.3, 0.4) is 0 Å². The number of rotatable bonds is 5. The molecule has 0 spiro atoms. The van der Waals surface area contributed by atoms with E-state index >= 15 is 0 Å². The summed E-state index contributed by atoms with van der Waals surface area (Å²) in [4.78, 5) is 34.4. The zero-order valence-electron chi connectivity index (χ0n) is 13.1. The van der Waals surface area contributed by atoms with Crippen LogP contribution < -0.4 is 10.2 Å². The quantitative estimate of drug-likeness (QED) is 0.867. The summed E-state index contributed by atoms with van der Waals surface area (Å²) in [7, 11) is 0. The average molecular weight is 326 g/mol. The van der Waals surface area contributed by atoms with Crippen LogP contribution in [0.15, 0.2) is 42.6 Å². The summed E-state index contributed by atoms with van der Waals surface area (Å²) in [5.41, 5.74) is 0.668. The fourth-order valence-corrected chi connectivity index (χ4v) is 2.68. The number of carbonyl (C=O) groups excluding carboxylic acids is 1. The number of hydrogen-bond acceptors (Lipinski definition) is 5. The third kappa shape index (κ3) is 3.51. The van der Waals surface area contributed by atoms with E-state index in [-0.39, 0.29) is 5.69 Å². The largest absolute Gasteiger partial charge is 0.479 e. The second-order valence-electron chi connectivity index (χ2n) is 5.59. The number of nitrogens with one attached hydrogen (secondary N) is 1. The minimum Gasteiger partial charge on any atom is -0.479 e. The molecule has 1 aliphatic heterocycles. The Morgan fingerprint density at radius 2 is 1.83 bits per heavy atom. The van der Waals surface area contributed by atoms with Crippen molar-refractivity contribution in [1.29, 1.82) is 0 Å². The van der Waals surface area contributed by atoms with Gasteiger partial charge in [-0.3, -0.25) is 4.79 Å². The average Bonchev–Trinajstić information content (AvgIpc) is 3.15. The lowest BCUT2D eigenvalue weighted by Crippen LogP contribution is -2.34. The van der Waals surface area contributed by atoms with Crippen molar-refractivity contribution in [2.45, 2.75) is 18.9 Å². The van der Waals surface area contributed by atoms with Crippen LogP contribution in [0.25, 0.3) is 0 Å². The molecule has 0 saturated carbocycles. The molecule has 0 aliphatic carbocycles. The van der Waals surface area contributed by atoms with Gasteiger partial charge < -0.3 is 15.3 Å². The summed E-state index contributed by atoms with van der Waals surface area (Å²) < 4.78 is 0. The second kappa shape index (κ2) is 7.08. The van der Waals surface area contributed by atoms with Gasteiger partial charge in [0.15, 0.2) is 6.04 Å². The Morgan fingerprint density at radius 1 is 1.12 bits per heavy atom. The first-order chi connectivity index (χ1) is 11.6. The Morgan fingerprint density at radius 3 is 2.50 bits per heavy atom. The van der Waals surface area contributed by atoms with Gasteiger partial charge in [0.05, 0.1) is 0 Å². The summed E-state index contributed by atoms with van der Waals surface area (Å²) >= 11 is 0. The lowest BCUT2D eigenvalue weighted by Gasteiger charge is -2.17. The number of nitrogens with zero attached hydrogens (tertiary/aromatic N) is 3. The van der Waals surface area contributed by atoms with Crippen molar-refractivity contribution in [3.8, 4) is 0 Å². The maximum Gasteiger partial charge on any atom is 0.330 e. The van der Waals surface area contributed by atoms with Gasteiger partial charge in [-0.05, 0) is 24.5 Å². The summed E-state index contributed by atoms with van der Waals surface area (Å²) in [6.45, 7) is 1.74. The molecule has 0 unspecified atom stereocenters. The Hall–Kier alpha value is -2.96. The van der Waals surface area contributed by atoms with Crippen LogP contribution in [0.1, 0.15) is 34.9 Å². The molecule has 2 N–H and O–H groups in total. The van der Waals surface area contributed by atoms with Crippen LogP contribution in [-0.2, 0) is 4.79 Å². The number of aromatic nitrogens is 2. The highest BCUT2D eigenvalue weighted by molar-refractivity contribution is 5.95. The predicted molar refractivity (Wildman–Crippen MR) is 87.8 cm³/mol. The van der Waals surface area contributed by atoms with Crippen LogP contribution in [0.5, 0.6) is 0 Å². The second-order valence-corrected chi connectivity index (χ2v) is 5.59. The van der Waals surface area contributed by atoms with Gasteiger partial charge in [-0.2, -0.15) is 0 Å². The summed E-state index contributed by atoms with van der Waals surface area (Å²) in [6, 6.07) is 8.93. The third-order valence-corrected chi connectivity index (χ3v) is 3.92. The normalized spacial score (nSPS) is 15.1. The zero-order chi connectivity index (χ0) is 16.9. The molecule has 1 aliphatic rings. The van der Waals surface area contributed by atoms with Gasteiger partial charge in [-0.1, -0.05) is 30.3 Å². The zero-order valence-corrected chi connectivity index (χ0v) is 13.1. The van der Waals surface area contributed by atoms with E-state index in [1.54, 1.807) is 30.3 Å². The van der Waals surface area contributed by atoms with E-state index in [0.717, 1.165) is 25.9 Å². The minimum absolute atomic E-state index is 0.161. The molecule has 1 aromatic carbocycles. The molecule has 2 aromatic rings. The molecular weight excluding hydrogens is 308 g/mol. The Labute approximate surface area is 139 Å². The molecule has 7 heteroatoms. The maximum atomic E-state index is 12.4. The molecule has 1 aromatic heterocycles. The predicted octanol–water partition coefficient (Wildman–Crippen LogP) is 1.63. The molecule has 1 fully saturated rings. The van der Waals surface area contributed by atoms with Crippen molar-refractivity contribution in [1.82, 2.24) is 15.3 Å². The molecule has 1 amide bonds. The molecule has 124 valence electrons. The van der Waals surface area contributed by atoms with Gasteiger partial charge in [0.1, 0.15) is 5.69 Å². The topological polar surface area (TPSA) is 95.4 Å². The van der Waals surface area contributed by atoms with E-state index in [2.05, 4.69) is 15.3 Å².